The first-order valence-electron chi connectivity index (χ1n) is 10.9. The Balaban J connectivity index is 1.64. The zero-order valence-corrected chi connectivity index (χ0v) is 18.6. The van der Waals surface area contributed by atoms with Gasteiger partial charge >= 0.3 is 5.69 Å². The number of imidazole rings is 1. The Kier molecular flexibility index (Phi) is 5.46. The Morgan fingerprint density at radius 2 is 1.79 bits per heavy atom. The van der Waals surface area contributed by atoms with E-state index in [1.807, 2.05) is 42.5 Å². The molecule has 7 heteroatoms. The summed E-state index contributed by atoms with van der Waals surface area (Å²) in [7, 11) is 1.63. The fourth-order valence-corrected chi connectivity index (χ4v) is 4.28. The van der Waals surface area contributed by atoms with Crippen molar-refractivity contribution in [2.45, 2.75) is 26.1 Å². The van der Waals surface area contributed by atoms with Crippen LogP contribution in [0, 0.1) is 5.82 Å². The van der Waals surface area contributed by atoms with Crippen LogP contribution in [0.3, 0.4) is 0 Å². The highest BCUT2D eigenvalue weighted by Gasteiger charge is 2.19. The van der Waals surface area contributed by atoms with Gasteiger partial charge in [0.15, 0.2) is 0 Å². The molecule has 2 heterocycles. The number of amidine groups is 1. The molecule has 0 spiro atoms. The van der Waals surface area contributed by atoms with E-state index in [2.05, 4.69) is 17.2 Å². The Morgan fingerprint density at radius 3 is 2.52 bits per heavy atom. The summed E-state index contributed by atoms with van der Waals surface area (Å²) in [5.74, 6) is 1.27. The molecule has 6 nitrogen and oxygen atoms in total. The molecule has 5 rings (SSSR count). The molecule has 1 aromatic heterocycles. The maximum atomic E-state index is 13.6. The largest absolute Gasteiger partial charge is 0.496 e. The van der Waals surface area contributed by atoms with Crippen LogP contribution in [0.5, 0.6) is 5.75 Å². The van der Waals surface area contributed by atoms with Crippen LogP contribution >= 0.6 is 0 Å². The van der Waals surface area contributed by atoms with Crippen molar-refractivity contribution in [2.75, 3.05) is 13.7 Å². The van der Waals surface area contributed by atoms with Crippen molar-refractivity contribution in [1.82, 2.24) is 14.5 Å². The molecule has 1 N–H and O–H groups in total. The number of aromatic nitrogens is 2. The van der Waals surface area contributed by atoms with Crippen molar-refractivity contribution in [3.63, 3.8) is 0 Å². The lowest BCUT2D eigenvalue weighted by Crippen LogP contribution is -2.27. The van der Waals surface area contributed by atoms with Gasteiger partial charge in [-0.3, -0.25) is 14.1 Å². The number of hydrogen-bond donors (Lipinski definition) is 1. The molecule has 0 fully saturated rings. The second kappa shape index (κ2) is 8.58. The van der Waals surface area contributed by atoms with Crippen LogP contribution in [0.4, 0.5) is 4.39 Å². The number of para-hydroxylation sites is 1. The molecule has 0 saturated carbocycles. The van der Waals surface area contributed by atoms with Crippen LogP contribution in [-0.4, -0.2) is 34.7 Å². The predicted octanol–water partition coefficient (Wildman–Crippen LogP) is 3.79. The number of ether oxygens (including phenoxy) is 1. The topological polar surface area (TPSA) is 60.5 Å². The lowest BCUT2D eigenvalue weighted by Gasteiger charge is -2.09. The third-order valence-corrected chi connectivity index (χ3v) is 5.97. The van der Waals surface area contributed by atoms with Gasteiger partial charge in [-0.1, -0.05) is 30.3 Å². The van der Waals surface area contributed by atoms with E-state index in [1.54, 1.807) is 28.4 Å². The lowest BCUT2D eigenvalue weighted by molar-refractivity contribution is 0.408. The van der Waals surface area contributed by atoms with Crippen molar-refractivity contribution in [3.8, 4) is 5.75 Å². The number of halogens is 1. The highest BCUT2D eigenvalue weighted by molar-refractivity contribution is 6.02. The summed E-state index contributed by atoms with van der Waals surface area (Å²) in [4.78, 5) is 18.2. The van der Waals surface area contributed by atoms with Crippen LogP contribution in [0.15, 0.2) is 76.5 Å². The second-order valence-electron chi connectivity index (χ2n) is 8.33. The van der Waals surface area contributed by atoms with Gasteiger partial charge in [0.1, 0.15) is 17.4 Å². The average molecular weight is 445 g/mol. The van der Waals surface area contributed by atoms with E-state index in [1.165, 1.54) is 12.1 Å². The fourth-order valence-electron chi connectivity index (χ4n) is 4.28. The van der Waals surface area contributed by atoms with E-state index in [-0.39, 0.29) is 17.5 Å². The second-order valence-corrected chi connectivity index (χ2v) is 8.33. The van der Waals surface area contributed by atoms with E-state index in [0.717, 1.165) is 45.9 Å². The zero-order chi connectivity index (χ0) is 22.9. The molecule has 0 radical (unpaired) electrons. The van der Waals surface area contributed by atoms with Gasteiger partial charge in [0.25, 0.3) is 0 Å². The smallest absolute Gasteiger partial charge is 0.329 e. The predicted molar refractivity (Wildman–Crippen MR) is 128 cm³/mol. The number of fused-ring (bicyclic) bond motifs is 1. The zero-order valence-electron chi connectivity index (χ0n) is 18.6. The van der Waals surface area contributed by atoms with Gasteiger partial charge in [0.2, 0.25) is 0 Å². The maximum absolute atomic E-state index is 13.6. The SMILES string of the molecule is COc1ccccc1Cn1c(=O)n(Cc2ccc(F)cc2)c2cc(C3=NCC(C)N3)ccc21. The molecule has 33 heavy (non-hydrogen) atoms. The molecule has 0 aliphatic carbocycles. The van der Waals surface area contributed by atoms with Crippen LogP contribution < -0.4 is 15.7 Å². The van der Waals surface area contributed by atoms with E-state index in [0.29, 0.717) is 13.1 Å². The van der Waals surface area contributed by atoms with E-state index < -0.39 is 0 Å². The summed E-state index contributed by atoms with van der Waals surface area (Å²) in [6, 6.07) is 20.2. The number of aliphatic imine (C=N–C) groups is 1. The molecule has 1 aliphatic rings. The van der Waals surface area contributed by atoms with Gasteiger partial charge < -0.3 is 10.1 Å². The van der Waals surface area contributed by atoms with E-state index in [4.69, 9.17) is 4.74 Å². The minimum absolute atomic E-state index is 0.132. The van der Waals surface area contributed by atoms with Crippen molar-refractivity contribution in [2.24, 2.45) is 4.99 Å². The van der Waals surface area contributed by atoms with E-state index in [9.17, 15) is 9.18 Å². The lowest BCUT2D eigenvalue weighted by atomic mass is 10.1. The monoisotopic (exact) mass is 444 g/mol. The summed E-state index contributed by atoms with van der Waals surface area (Å²) >= 11 is 0. The summed E-state index contributed by atoms with van der Waals surface area (Å²) in [6.45, 7) is 3.54. The number of rotatable bonds is 6. The summed E-state index contributed by atoms with van der Waals surface area (Å²) in [5.41, 5.74) is 4.21. The summed E-state index contributed by atoms with van der Waals surface area (Å²) < 4.78 is 22.4. The highest BCUT2D eigenvalue weighted by atomic mass is 19.1. The Morgan fingerprint density at radius 1 is 1.03 bits per heavy atom. The van der Waals surface area contributed by atoms with Gasteiger partial charge in [-0.25, -0.2) is 9.18 Å². The quantitative estimate of drug-likeness (QED) is 0.492. The van der Waals surface area contributed by atoms with Gasteiger partial charge in [0, 0.05) is 17.2 Å². The first-order chi connectivity index (χ1) is 16.0. The van der Waals surface area contributed by atoms with Crippen molar-refractivity contribution >= 4 is 16.9 Å². The van der Waals surface area contributed by atoms with Crippen LogP contribution in [0.2, 0.25) is 0 Å². The standard InChI is InChI=1S/C26H25FN4O2/c1-17-14-28-25(29-17)19-9-12-22-23(13-19)30(15-18-7-10-21(27)11-8-18)26(32)31(22)16-20-5-3-4-6-24(20)33-2/h3-13,17H,14-16H2,1-2H3,(H,28,29). The van der Waals surface area contributed by atoms with Gasteiger partial charge in [-0.15, -0.1) is 0 Å². The molecular weight excluding hydrogens is 419 g/mol. The first-order valence-corrected chi connectivity index (χ1v) is 10.9. The van der Waals surface area contributed by atoms with Crippen molar-refractivity contribution < 1.29 is 9.13 Å². The van der Waals surface area contributed by atoms with Gasteiger partial charge in [0.05, 0.1) is 37.8 Å². The highest BCUT2D eigenvalue weighted by Crippen LogP contribution is 2.23. The summed E-state index contributed by atoms with van der Waals surface area (Å²) in [5, 5.41) is 3.38. The molecular formula is C26H25FN4O2. The van der Waals surface area contributed by atoms with Crippen LogP contribution in [-0.2, 0) is 13.1 Å². The number of methoxy groups -OCH3 is 1. The first kappa shape index (κ1) is 21.0. The van der Waals surface area contributed by atoms with Gasteiger partial charge in [-0.2, -0.15) is 0 Å². The molecule has 1 aliphatic heterocycles. The van der Waals surface area contributed by atoms with Crippen molar-refractivity contribution in [1.29, 1.82) is 0 Å². The molecule has 3 aromatic carbocycles. The molecule has 168 valence electrons. The molecule has 0 saturated heterocycles. The molecule has 1 unspecified atom stereocenters. The summed E-state index contributed by atoms with van der Waals surface area (Å²) in [6.07, 6.45) is 0. The average Bonchev–Trinajstić information content (AvgIpc) is 3.37. The normalized spacial score (nSPS) is 15.5. The Bertz CT molecular complexity index is 1400. The maximum Gasteiger partial charge on any atom is 0.329 e. The van der Waals surface area contributed by atoms with Crippen LogP contribution in [0.1, 0.15) is 23.6 Å². The number of hydrogen-bond acceptors (Lipinski definition) is 4. The number of benzene rings is 3. The third-order valence-electron chi connectivity index (χ3n) is 5.97. The minimum atomic E-state index is -0.300. The molecule has 0 bridgehead atoms. The number of nitrogens with zero attached hydrogens (tertiary/aromatic N) is 3. The molecule has 0 amide bonds. The van der Waals surface area contributed by atoms with Crippen molar-refractivity contribution in [3.05, 3.63) is 99.7 Å². The third kappa shape index (κ3) is 4.02. The van der Waals surface area contributed by atoms with Crippen LogP contribution in [0.25, 0.3) is 11.0 Å². The Hall–Kier alpha value is -3.87. The fraction of sp³-hybridized carbons (Fsp3) is 0.231. The van der Waals surface area contributed by atoms with E-state index >= 15 is 0 Å². The molecule has 1 atom stereocenters. The minimum Gasteiger partial charge on any atom is -0.496 e. The van der Waals surface area contributed by atoms with Gasteiger partial charge in [-0.05, 0) is 48.9 Å². The molecule has 4 aromatic rings. The number of nitrogens with one attached hydrogen (secondary N) is 1. The Labute approximate surface area is 191 Å².